The van der Waals surface area contributed by atoms with Crippen LogP contribution in [-0.4, -0.2) is 23.0 Å². The highest BCUT2D eigenvalue weighted by Crippen LogP contribution is 2.19. The third-order valence-corrected chi connectivity index (χ3v) is 3.81. The fraction of sp³-hybridized carbons (Fsp3) is 0.467. The summed E-state index contributed by atoms with van der Waals surface area (Å²) in [7, 11) is 0. The first-order valence-electron chi connectivity index (χ1n) is 6.59. The van der Waals surface area contributed by atoms with Crippen molar-refractivity contribution in [1.29, 1.82) is 0 Å². The van der Waals surface area contributed by atoms with Gasteiger partial charge in [0.25, 0.3) is 0 Å². The normalized spacial score (nSPS) is 15.2. The lowest BCUT2D eigenvalue weighted by Gasteiger charge is -2.20. The molecule has 2 N–H and O–H groups in total. The fourth-order valence-corrected chi connectivity index (χ4v) is 2.00. The van der Waals surface area contributed by atoms with Gasteiger partial charge in [-0.05, 0) is 31.9 Å². The van der Waals surface area contributed by atoms with Gasteiger partial charge in [-0.3, -0.25) is 9.59 Å². The van der Waals surface area contributed by atoms with Crippen LogP contribution in [0.25, 0.3) is 0 Å². The molecule has 1 aromatic rings. The van der Waals surface area contributed by atoms with Crippen LogP contribution >= 0.6 is 11.6 Å². The van der Waals surface area contributed by atoms with E-state index >= 15 is 0 Å². The standard InChI is InChI=1S/C15H20ClNO3/c1-9(8-12-6-4-5-7-13(12)16)14(18)17-11(3)10(2)15(19)20/h4-7,9-11H,8H2,1-3H3,(H,17,18)(H,19,20). The SMILES string of the molecule is CC(Cc1ccccc1Cl)C(=O)NC(C)C(C)C(=O)O. The monoisotopic (exact) mass is 297 g/mol. The number of carboxylic acid groups (broad SMARTS) is 1. The van der Waals surface area contributed by atoms with Crippen molar-refractivity contribution < 1.29 is 14.7 Å². The van der Waals surface area contributed by atoms with Crippen molar-refractivity contribution in [2.24, 2.45) is 11.8 Å². The zero-order valence-corrected chi connectivity index (χ0v) is 12.6. The number of hydrogen-bond donors (Lipinski definition) is 2. The third kappa shape index (κ3) is 4.53. The van der Waals surface area contributed by atoms with Crippen molar-refractivity contribution in [3.63, 3.8) is 0 Å². The minimum Gasteiger partial charge on any atom is -0.481 e. The number of aliphatic carboxylic acids is 1. The van der Waals surface area contributed by atoms with Crippen molar-refractivity contribution in [3.05, 3.63) is 34.9 Å². The summed E-state index contributed by atoms with van der Waals surface area (Å²) >= 11 is 6.06. The largest absolute Gasteiger partial charge is 0.481 e. The van der Waals surface area contributed by atoms with Crippen LogP contribution in [0, 0.1) is 11.8 Å². The molecule has 0 bridgehead atoms. The maximum atomic E-state index is 12.0. The van der Waals surface area contributed by atoms with E-state index in [9.17, 15) is 9.59 Å². The Hall–Kier alpha value is -1.55. The van der Waals surface area contributed by atoms with Crippen molar-refractivity contribution in [2.75, 3.05) is 0 Å². The molecule has 0 aliphatic carbocycles. The summed E-state index contributed by atoms with van der Waals surface area (Å²) < 4.78 is 0. The average Bonchev–Trinajstić information content (AvgIpc) is 2.40. The van der Waals surface area contributed by atoms with Crippen LogP contribution in [0.4, 0.5) is 0 Å². The zero-order valence-electron chi connectivity index (χ0n) is 11.9. The molecule has 0 aliphatic heterocycles. The van der Waals surface area contributed by atoms with E-state index in [4.69, 9.17) is 16.7 Å². The first-order chi connectivity index (χ1) is 9.32. The number of carbonyl (C=O) groups is 2. The van der Waals surface area contributed by atoms with Crippen molar-refractivity contribution in [3.8, 4) is 0 Å². The summed E-state index contributed by atoms with van der Waals surface area (Å²) in [5.41, 5.74) is 0.913. The molecule has 0 heterocycles. The summed E-state index contributed by atoms with van der Waals surface area (Å²) in [5.74, 6) is -1.97. The number of carboxylic acids is 1. The molecule has 3 atom stereocenters. The third-order valence-electron chi connectivity index (χ3n) is 3.44. The molecule has 0 aromatic heterocycles. The molecular formula is C15H20ClNO3. The van der Waals surface area contributed by atoms with Gasteiger partial charge in [0.2, 0.25) is 5.91 Å². The van der Waals surface area contributed by atoms with E-state index in [0.29, 0.717) is 11.4 Å². The van der Waals surface area contributed by atoms with Crippen LogP contribution in [0.1, 0.15) is 26.3 Å². The Kier molecular flexibility index (Phi) is 6.02. The molecule has 20 heavy (non-hydrogen) atoms. The lowest BCUT2D eigenvalue weighted by atomic mass is 9.98. The maximum absolute atomic E-state index is 12.0. The van der Waals surface area contributed by atoms with E-state index in [1.165, 1.54) is 0 Å². The Morgan fingerprint density at radius 3 is 2.40 bits per heavy atom. The second-order valence-corrected chi connectivity index (χ2v) is 5.53. The molecule has 0 radical (unpaired) electrons. The van der Waals surface area contributed by atoms with Gasteiger partial charge < -0.3 is 10.4 Å². The smallest absolute Gasteiger partial charge is 0.308 e. The first kappa shape index (κ1) is 16.5. The van der Waals surface area contributed by atoms with Gasteiger partial charge in [-0.1, -0.05) is 36.7 Å². The van der Waals surface area contributed by atoms with Crippen LogP contribution in [-0.2, 0) is 16.0 Å². The van der Waals surface area contributed by atoms with Crippen molar-refractivity contribution in [1.82, 2.24) is 5.32 Å². The number of rotatable bonds is 6. The van der Waals surface area contributed by atoms with E-state index in [1.807, 2.05) is 18.2 Å². The van der Waals surface area contributed by atoms with Gasteiger partial charge in [0.1, 0.15) is 0 Å². The van der Waals surface area contributed by atoms with Crippen LogP contribution < -0.4 is 5.32 Å². The minimum atomic E-state index is -0.920. The van der Waals surface area contributed by atoms with Gasteiger partial charge >= 0.3 is 5.97 Å². The molecule has 0 fully saturated rings. The lowest BCUT2D eigenvalue weighted by molar-refractivity contribution is -0.142. The van der Waals surface area contributed by atoms with Crippen molar-refractivity contribution in [2.45, 2.75) is 33.2 Å². The maximum Gasteiger partial charge on any atom is 0.308 e. The van der Waals surface area contributed by atoms with E-state index in [-0.39, 0.29) is 11.8 Å². The van der Waals surface area contributed by atoms with Gasteiger partial charge in [-0.25, -0.2) is 0 Å². The number of carbonyl (C=O) groups excluding carboxylic acids is 1. The van der Waals surface area contributed by atoms with E-state index in [1.54, 1.807) is 26.8 Å². The molecule has 0 saturated heterocycles. The Morgan fingerprint density at radius 2 is 1.85 bits per heavy atom. The molecular weight excluding hydrogens is 278 g/mol. The number of hydrogen-bond acceptors (Lipinski definition) is 2. The summed E-state index contributed by atoms with van der Waals surface area (Å²) in [4.78, 5) is 22.9. The highest BCUT2D eigenvalue weighted by Gasteiger charge is 2.23. The quantitative estimate of drug-likeness (QED) is 0.848. The van der Waals surface area contributed by atoms with Crippen LogP contribution in [0.15, 0.2) is 24.3 Å². The Morgan fingerprint density at radius 1 is 1.25 bits per heavy atom. The summed E-state index contributed by atoms with van der Waals surface area (Å²) in [6.07, 6.45) is 0.527. The summed E-state index contributed by atoms with van der Waals surface area (Å²) in [5, 5.41) is 12.3. The topological polar surface area (TPSA) is 66.4 Å². The molecule has 1 aromatic carbocycles. The van der Waals surface area contributed by atoms with E-state index in [2.05, 4.69) is 5.32 Å². The predicted molar refractivity (Wildman–Crippen MR) is 78.7 cm³/mol. The molecule has 1 amide bonds. The van der Waals surface area contributed by atoms with Gasteiger partial charge in [0.15, 0.2) is 0 Å². The molecule has 3 unspecified atom stereocenters. The number of halogens is 1. The van der Waals surface area contributed by atoms with Gasteiger partial charge in [0, 0.05) is 17.0 Å². The average molecular weight is 298 g/mol. The van der Waals surface area contributed by atoms with Crippen LogP contribution in [0.2, 0.25) is 5.02 Å². The van der Waals surface area contributed by atoms with Crippen LogP contribution in [0.3, 0.4) is 0 Å². The van der Waals surface area contributed by atoms with E-state index < -0.39 is 17.9 Å². The number of nitrogens with one attached hydrogen (secondary N) is 1. The second kappa shape index (κ2) is 7.29. The molecule has 0 saturated carbocycles. The Balaban J connectivity index is 2.60. The van der Waals surface area contributed by atoms with Crippen LogP contribution in [0.5, 0.6) is 0 Å². The molecule has 110 valence electrons. The molecule has 5 heteroatoms. The van der Waals surface area contributed by atoms with Gasteiger partial charge in [-0.15, -0.1) is 0 Å². The zero-order chi connectivity index (χ0) is 15.3. The lowest BCUT2D eigenvalue weighted by Crippen LogP contribution is -2.42. The van der Waals surface area contributed by atoms with E-state index in [0.717, 1.165) is 5.56 Å². The molecule has 4 nitrogen and oxygen atoms in total. The number of amides is 1. The molecule has 1 rings (SSSR count). The minimum absolute atomic E-state index is 0.162. The molecule has 0 aliphatic rings. The summed E-state index contributed by atoms with van der Waals surface area (Å²) in [6, 6.07) is 6.98. The number of benzene rings is 1. The molecule has 0 spiro atoms. The predicted octanol–water partition coefficient (Wildman–Crippen LogP) is 2.74. The first-order valence-corrected chi connectivity index (χ1v) is 6.97. The Labute approximate surface area is 124 Å². The second-order valence-electron chi connectivity index (χ2n) is 5.12. The highest BCUT2D eigenvalue weighted by atomic mass is 35.5. The van der Waals surface area contributed by atoms with Gasteiger partial charge in [0.05, 0.1) is 5.92 Å². The Bertz CT molecular complexity index is 490. The fourth-order valence-electron chi connectivity index (χ4n) is 1.79. The van der Waals surface area contributed by atoms with Gasteiger partial charge in [-0.2, -0.15) is 0 Å². The highest BCUT2D eigenvalue weighted by molar-refractivity contribution is 6.31. The summed E-state index contributed by atoms with van der Waals surface area (Å²) in [6.45, 7) is 5.07. The van der Waals surface area contributed by atoms with Crippen molar-refractivity contribution >= 4 is 23.5 Å².